The lowest BCUT2D eigenvalue weighted by Crippen LogP contribution is -2.57. The molecule has 1 aromatic carbocycles. The van der Waals surface area contributed by atoms with Crippen LogP contribution in [0.15, 0.2) is 23.1 Å². The molecule has 1 aliphatic rings. The van der Waals surface area contributed by atoms with Crippen LogP contribution in [0.1, 0.15) is 35.2 Å². The lowest BCUT2D eigenvalue weighted by atomic mass is 9.77. The maximum Gasteiger partial charge on any atom is 0.335 e. The summed E-state index contributed by atoms with van der Waals surface area (Å²) < 4.78 is 32.3. The molecular formula is C15H21NO5S. The van der Waals surface area contributed by atoms with Gasteiger partial charge < -0.3 is 9.84 Å². The molecular weight excluding hydrogens is 306 g/mol. The van der Waals surface area contributed by atoms with Crippen LogP contribution < -0.4 is 0 Å². The van der Waals surface area contributed by atoms with Crippen LogP contribution in [0.25, 0.3) is 0 Å². The van der Waals surface area contributed by atoms with Crippen LogP contribution in [0.2, 0.25) is 0 Å². The van der Waals surface area contributed by atoms with E-state index in [1.807, 2.05) is 0 Å². The summed E-state index contributed by atoms with van der Waals surface area (Å²) in [6.07, 6.45) is 2.51. The molecule has 2 rings (SSSR count). The third kappa shape index (κ3) is 2.76. The van der Waals surface area contributed by atoms with Gasteiger partial charge in [0.1, 0.15) is 0 Å². The van der Waals surface area contributed by atoms with Crippen LogP contribution >= 0.6 is 0 Å². The highest BCUT2D eigenvalue weighted by atomic mass is 32.2. The molecule has 22 heavy (non-hydrogen) atoms. The highest BCUT2D eigenvalue weighted by Crippen LogP contribution is 2.40. The van der Waals surface area contributed by atoms with Gasteiger partial charge in [-0.3, -0.25) is 0 Å². The van der Waals surface area contributed by atoms with Crippen molar-refractivity contribution in [1.82, 2.24) is 4.31 Å². The second-order valence-electron chi connectivity index (χ2n) is 5.77. The van der Waals surface area contributed by atoms with Gasteiger partial charge in [-0.15, -0.1) is 0 Å². The van der Waals surface area contributed by atoms with Crippen molar-refractivity contribution in [3.8, 4) is 0 Å². The Labute approximate surface area is 130 Å². The fraction of sp³-hybridized carbons (Fsp3) is 0.533. The second kappa shape index (κ2) is 5.98. The number of ether oxygens (including phenoxy) is 1. The Morgan fingerprint density at radius 3 is 2.45 bits per heavy atom. The van der Waals surface area contributed by atoms with Crippen LogP contribution in [0.4, 0.5) is 0 Å². The third-order valence-electron chi connectivity index (χ3n) is 4.43. The Kier molecular flexibility index (Phi) is 4.60. The summed E-state index contributed by atoms with van der Waals surface area (Å²) in [6.45, 7) is 1.96. The van der Waals surface area contributed by atoms with E-state index in [9.17, 15) is 13.2 Å². The fourth-order valence-corrected chi connectivity index (χ4v) is 4.62. The number of carboxylic acid groups (broad SMARTS) is 1. The van der Waals surface area contributed by atoms with Gasteiger partial charge in [-0.25, -0.2) is 13.2 Å². The molecule has 0 unspecified atom stereocenters. The number of hydrogen-bond donors (Lipinski definition) is 1. The predicted octanol–water partition coefficient (Wildman–Crippen LogP) is 1.88. The van der Waals surface area contributed by atoms with E-state index in [4.69, 9.17) is 9.84 Å². The first-order valence-corrected chi connectivity index (χ1v) is 8.50. The van der Waals surface area contributed by atoms with E-state index in [2.05, 4.69) is 0 Å². The predicted molar refractivity (Wildman–Crippen MR) is 81.5 cm³/mol. The number of rotatable bonds is 6. The van der Waals surface area contributed by atoms with Gasteiger partial charge in [-0.05, 0) is 49.9 Å². The van der Waals surface area contributed by atoms with Gasteiger partial charge in [0.25, 0.3) is 0 Å². The summed E-state index contributed by atoms with van der Waals surface area (Å²) in [5.74, 6) is -1.07. The average molecular weight is 327 g/mol. The Balaban J connectivity index is 2.40. The van der Waals surface area contributed by atoms with Gasteiger partial charge in [-0.2, -0.15) is 4.31 Å². The molecule has 0 heterocycles. The molecule has 6 nitrogen and oxygen atoms in total. The minimum atomic E-state index is -3.69. The number of nitrogens with zero attached hydrogens (tertiary/aromatic N) is 1. The number of hydrogen-bond acceptors (Lipinski definition) is 4. The maximum atomic E-state index is 12.9. The van der Waals surface area contributed by atoms with Crippen molar-refractivity contribution in [1.29, 1.82) is 0 Å². The molecule has 1 fully saturated rings. The van der Waals surface area contributed by atoms with E-state index in [0.29, 0.717) is 12.2 Å². The van der Waals surface area contributed by atoms with Crippen LogP contribution in [-0.4, -0.2) is 50.1 Å². The number of carboxylic acids is 1. The maximum absolute atomic E-state index is 12.9. The first-order valence-electron chi connectivity index (χ1n) is 7.06. The van der Waals surface area contributed by atoms with Crippen molar-refractivity contribution in [2.45, 2.75) is 36.6 Å². The first kappa shape index (κ1) is 16.9. The number of sulfonamides is 1. The van der Waals surface area contributed by atoms with Gasteiger partial charge in [-0.1, -0.05) is 0 Å². The molecule has 122 valence electrons. The molecule has 1 saturated carbocycles. The molecule has 0 aromatic heterocycles. The molecule has 1 aliphatic carbocycles. The summed E-state index contributed by atoms with van der Waals surface area (Å²) in [5.41, 5.74) is 0.0128. The normalized spacial score (nSPS) is 17.3. The van der Waals surface area contributed by atoms with Crippen LogP contribution in [0.5, 0.6) is 0 Å². The molecule has 1 aromatic rings. The number of benzene rings is 1. The Morgan fingerprint density at radius 1 is 1.41 bits per heavy atom. The number of aromatic carboxylic acids is 1. The summed E-state index contributed by atoms with van der Waals surface area (Å²) in [4.78, 5) is 11.1. The smallest absolute Gasteiger partial charge is 0.335 e. The van der Waals surface area contributed by atoms with E-state index in [1.165, 1.54) is 22.5 Å². The lowest BCUT2D eigenvalue weighted by molar-refractivity contribution is 0.0138. The number of aryl methyl sites for hydroxylation is 1. The average Bonchev–Trinajstić information content (AvgIpc) is 2.41. The zero-order valence-electron chi connectivity index (χ0n) is 13.0. The molecule has 0 bridgehead atoms. The van der Waals surface area contributed by atoms with Crippen LogP contribution in [-0.2, 0) is 14.8 Å². The number of methoxy groups -OCH3 is 1. The summed E-state index contributed by atoms with van der Waals surface area (Å²) >= 11 is 0. The zero-order valence-corrected chi connectivity index (χ0v) is 13.8. The summed E-state index contributed by atoms with van der Waals surface area (Å²) in [6, 6.07) is 4.07. The monoisotopic (exact) mass is 327 g/mol. The molecule has 7 heteroatoms. The Hall–Kier alpha value is -1.44. The molecule has 0 radical (unpaired) electrons. The van der Waals surface area contributed by atoms with E-state index in [-0.39, 0.29) is 10.5 Å². The molecule has 0 aliphatic heterocycles. The molecule has 1 N–H and O–H groups in total. The highest BCUT2D eigenvalue weighted by Gasteiger charge is 2.46. The minimum Gasteiger partial charge on any atom is -0.478 e. The van der Waals surface area contributed by atoms with Gasteiger partial charge in [0, 0.05) is 14.2 Å². The molecule has 0 amide bonds. The van der Waals surface area contributed by atoms with Crippen molar-refractivity contribution >= 4 is 16.0 Å². The topological polar surface area (TPSA) is 83.9 Å². The van der Waals surface area contributed by atoms with E-state index >= 15 is 0 Å². The number of likely N-dealkylation sites (N-methyl/N-ethyl adjacent to an activating group) is 1. The molecule has 0 spiro atoms. The lowest BCUT2D eigenvalue weighted by Gasteiger charge is -2.47. The number of carbonyl (C=O) groups is 1. The van der Waals surface area contributed by atoms with Crippen molar-refractivity contribution in [3.63, 3.8) is 0 Å². The summed E-state index contributed by atoms with van der Waals surface area (Å²) in [5, 5.41) is 8.98. The SMILES string of the molecule is COCC1(N(C)S(=O)(=O)c2ccc(C(=O)O)cc2C)CCC1. The minimum absolute atomic E-state index is 0.0781. The molecule has 0 saturated heterocycles. The summed E-state index contributed by atoms with van der Waals surface area (Å²) in [7, 11) is -0.562. The van der Waals surface area contributed by atoms with E-state index in [0.717, 1.165) is 19.3 Å². The van der Waals surface area contributed by atoms with E-state index < -0.39 is 21.5 Å². The zero-order chi connectivity index (χ0) is 16.5. The van der Waals surface area contributed by atoms with Gasteiger partial charge >= 0.3 is 5.97 Å². The highest BCUT2D eigenvalue weighted by molar-refractivity contribution is 7.89. The third-order valence-corrected chi connectivity index (χ3v) is 6.55. The van der Waals surface area contributed by atoms with Crippen LogP contribution in [0.3, 0.4) is 0 Å². The first-order chi connectivity index (χ1) is 10.2. The Bertz CT molecular complexity index is 679. The largest absolute Gasteiger partial charge is 0.478 e. The van der Waals surface area contributed by atoms with Crippen LogP contribution in [0, 0.1) is 6.92 Å². The van der Waals surface area contributed by atoms with E-state index in [1.54, 1.807) is 21.1 Å². The van der Waals surface area contributed by atoms with Crippen molar-refractivity contribution in [2.75, 3.05) is 20.8 Å². The fourth-order valence-electron chi connectivity index (χ4n) is 2.88. The van der Waals surface area contributed by atoms with Crippen molar-refractivity contribution in [2.24, 2.45) is 0 Å². The van der Waals surface area contributed by atoms with Gasteiger partial charge in [0.2, 0.25) is 10.0 Å². The van der Waals surface area contributed by atoms with Crippen molar-refractivity contribution in [3.05, 3.63) is 29.3 Å². The Morgan fingerprint density at radius 2 is 2.05 bits per heavy atom. The standard InChI is InChI=1S/C15H21NO5S/c1-11-9-12(14(17)18)5-6-13(11)22(19,20)16(2)15(10-21-3)7-4-8-15/h5-6,9H,4,7-8,10H2,1-3H3,(H,17,18). The quantitative estimate of drug-likeness (QED) is 0.862. The van der Waals surface area contributed by atoms with Gasteiger partial charge in [0.05, 0.1) is 22.6 Å². The van der Waals surface area contributed by atoms with Crippen molar-refractivity contribution < 1.29 is 23.1 Å². The second-order valence-corrected chi connectivity index (χ2v) is 7.71. The van der Waals surface area contributed by atoms with Gasteiger partial charge in [0.15, 0.2) is 0 Å². The molecule has 0 atom stereocenters.